The highest BCUT2D eigenvalue weighted by Crippen LogP contribution is 2.75. The van der Waals surface area contributed by atoms with Crippen LogP contribution in [0.4, 0.5) is 10.2 Å². The average molecular weight is 457 g/mol. The lowest BCUT2D eigenvalue weighted by Crippen LogP contribution is -2.78. The van der Waals surface area contributed by atoms with Crippen molar-refractivity contribution >= 4 is 35.1 Å². The molecule has 3 saturated carbocycles. The van der Waals surface area contributed by atoms with Crippen LogP contribution in [-0.2, 0) is 20.9 Å². The Labute approximate surface area is 189 Å². The van der Waals surface area contributed by atoms with Gasteiger partial charge in [-0.2, -0.15) is 0 Å². The molecule has 1 aromatic carbocycles. The average Bonchev–Trinajstić information content (AvgIpc) is 2.66. The van der Waals surface area contributed by atoms with E-state index in [1.165, 1.54) is 6.20 Å². The van der Waals surface area contributed by atoms with Crippen molar-refractivity contribution in [2.45, 2.75) is 38.8 Å². The van der Waals surface area contributed by atoms with Gasteiger partial charge in [0.1, 0.15) is 12.6 Å². The quantitative estimate of drug-likeness (QED) is 0.747. The Morgan fingerprint density at radius 2 is 1.91 bits per heavy atom. The first-order chi connectivity index (χ1) is 15.1. The number of carbonyl (C=O) groups is 3. The number of halogens is 2. The first kappa shape index (κ1) is 20.9. The zero-order valence-electron chi connectivity index (χ0n) is 17.5. The lowest BCUT2D eigenvalue weighted by atomic mass is 9.32. The molecular weight excluding hydrogens is 435 g/mol. The summed E-state index contributed by atoms with van der Waals surface area (Å²) < 4.78 is 14.6. The summed E-state index contributed by atoms with van der Waals surface area (Å²) in [6.45, 7) is 1.91. The predicted molar refractivity (Wildman–Crippen MR) is 115 cm³/mol. The number of aromatic nitrogens is 1. The largest absolute Gasteiger partial charge is 0.369 e. The summed E-state index contributed by atoms with van der Waals surface area (Å²) in [5, 5.41) is 0.0994. The Morgan fingerprint density at radius 1 is 1.25 bits per heavy atom. The van der Waals surface area contributed by atoms with Gasteiger partial charge in [0.2, 0.25) is 11.8 Å². The maximum Gasteiger partial charge on any atom is 0.252 e. The second-order valence-electron chi connectivity index (χ2n) is 9.33. The van der Waals surface area contributed by atoms with E-state index in [1.807, 2.05) is 31.2 Å². The van der Waals surface area contributed by atoms with Crippen LogP contribution in [0.5, 0.6) is 0 Å². The summed E-state index contributed by atoms with van der Waals surface area (Å²) in [7, 11) is 0. The SMILES string of the molecule is Cc1ccc(CN2C(=O)CN(c3ncc(Cl)cc3F)C(=O)[C@@H]2C23CC(C(N)=O)(C2)C3)cc1. The number of pyridine rings is 1. The summed E-state index contributed by atoms with van der Waals surface area (Å²) in [5.74, 6) is -2.06. The van der Waals surface area contributed by atoms with Crippen LogP contribution >= 0.6 is 11.6 Å². The monoisotopic (exact) mass is 456 g/mol. The second kappa shape index (κ2) is 7.00. The van der Waals surface area contributed by atoms with Crippen molar-refractivity contribution in [3.63, 3.8) is 0 Å². The van der Waals surface area contributed by atoms with Gasteiger partial charge in [0, 0.05) is 18.2 Å². The van der Waals surface area contributed by atoms with Gasteiger partial charge in [0.05, 0.1) is 10.4 Å². The number of nitrogens with zero attached hydrogens (tertiary/aromatic N) is 3. The van der Waals surface area contributed by atoms with E-state index in [4.69, 9.17) is 17.3 Å². The Morgan fingerprint density at radius 3 is 2.50 bits per heavy atom. The molecule has 166 valence electrons. The van der Waals surface area contributed by atoms with Gasteiger partial charge in [0.15, 0.2) is 11.6 Å². The van der Waals surface area contributed by atoms with E-state index < -0.39 is 28.6 Å². The van der Waals surface area contributed by atoms with Crippen molar-refractivity contribution in [1.29, 1.82) is 0 Å². The number of amides is 3. The van der Waals surface area contributed by atoms with Crippen LogP contribution in [0.25, 0.3) is 0 Å². The number of primary amides is 1. The van der Waals surface area contributed by atoms with Crippen molar-refractivity contribution in [3.8, 4) is 0 Å². The van der Waals surface area contributed by atoms with Crippen LogP contribution in [0.15, 0.2) is 36.5 Å². The van der Waals surface area contributed by atoms with E-state index in [9.17, 15) is 18.8 Å². The van der Waals surface area contributed by atoms with Crippen LogP contribution < -0.4 is 10.6 Å². The van der Waals surface area contributed by atoms with Gasteiger partial charge < -0.3 is 10.6 Å². The molecule has 3 amide bonds. The first-order valence-electron chi connectivity index (χ1n) is 10.4. The number of hydrogen-bond acceptors (Lipinski definition) is 4. The second-order valence-corrected chi connectivity index (χ2v) is 9.77. The lowest BCUT2D eigenvalue weighted by molar-refractivity contribution is -0.231. The number of aryl methyl sites for hydroxylation is 1. The minimum absolute atomic E-state index is 0.0994. The van der Waals surface area contributed by atoms with Crippen LogP contribution in [0.1, 0.15) is 30.4 Å². The van der Waals surface area contributed by atoms with E-state index in [2.05, 4.69) is 4.98 Å². The third kappa shape index (κ3) is 3.00. The molecule has 1 saturated heterocycles. The summed E-state index contributed by atoms with van der Waals surface area (Å²) in [6.07, 6.45) is 2.60. The minimum atomic E-state index is -0.817. The molecular formula is C23H22ClFN4O3. The Kier molecular flexibility index (Phi) is 4.57. The minimum Gasteiger partial charge on any atom is -0.369 e. The molecule has 9 heteroatoms. The number of anilines is 1. The van der Waals surface area contributed by atoms with E-state index in [0.29, 0.717) is 19.3 Å². The van der Waals surface area contributed by atoms with Gasteiger partial charge in [-0.1, -0.05) is 41.4 Å². The summed E-state index contributed by atoms with van der Waals surface area (Å²) in [6, 6.07) is 7.99. The molecule has 3 aliphatic carbocycles. The molecule has 1 aliphatic heterocycles. The highest BCUT2D eigenvalue weighted by molar-refractivity contribution is 6.30. The van der Waals surface area contributed by atoms with Crippen molar-refractivity contribution in [1.82, 2.24) is 9.88 Å². The fraction of sp³-hybridized carbons (Fsp3) is 0.391. The first-order valence-corrected chi connectivity index (χ1v) is 10.8. The van der Waals surface area contributed by atoms with Crippen molar-refractivity contribution < 1.29 is 18.8 Å². The molecule has 2 heterocycles. The van der Waals surface area contributed by atoms with E-state index in [0.717, 1.165) is 22.1 Å². The van der Waals surface area contributed by atoms with E-state index in [-0.39, 0.29) is 35.7 Å². The van der Waals surface area contributed by atoms with Gasteiger partial charge in [0.25, 0.3) is 5.91 Å². The molecule has 1 aromatic heterocycles. The molecule has 0 unspecified atom stereocenters. The third-order valence-electron chi connectivity index (χ3n) is 7.12. The Bertz CT molecular complexity index is 1130. The van der Waals surface area contributed by atoms with Crippen molar-refractivity contribution in [2.75, 3.05) is 11.4 Å². The normalized spacial score (nSPS) is 28.9. The molecule has 4 aliphatic rings. The number of piperazine rings is 1. The lowest BCUT2D eigenvalue weighted by Gasteiger charge is -2.72. The third-order valence-corrected chi connectivity index (χ3v) is 7.32. The molecule has 6 rings (SSSR count). The number of rotatable bonds is 5. The Balaban J connectivity index is 1.50. The molecule has 2 aromatic rings. The van der Waals surface area contributed by atoms with Gasteiger partial charge in [-0.3, -0.25) is 19.3 Å². The van der Waals surface area contributed by atoms with Crippen LogP contribution in [0.2, 0.25) is 5.02 Å². The maximum atomic E-state index is 14.6. The molecule has 0 spiro atoms. The van der Waals surface area contributed by atoms with Gasteiger partial charge in [-0.25, -0.2) is 9.37 Å². The smallest absolute Gasteiger partial charge is 0.252 e. The molecule has 2 bridgehead atoms. The van der Waals surface area contributed by atoms with E-state index in [1.54, 1.807) is 4.90 Å². The predicted octanol–water partition coefficient (Wildman–Crippen LogP) is 2.58. The van der Waals surface area contributed by atoms with Crippen molar-refractivity contribution in [2.24, 2.45) is 16.6 Å². The fourth-order valence-electron chi connectivity index (χ4n) is 5.59. The highest BCUT2D eigenvalue weighted by atomic mass is 35.5. The standard InChI is InChI=1S/C23H22ClFN4O3/c1-13-2-4-14(5-3-13)8-28-17(30)9-29(19-16(25)6-15(24)7-27-19)20(31)18(28)22-10-23(11-22,12-22)21(26)32/h2-7,18H,8-12H2,1H3,(H2,26,32)/t18-,22?,23?/m1/s1. The molecule has 2 N–H and O–H groups in total. The zero-order valence-corrected chi connectivity index (χ0v) is 18.2. The highest BCUT2D eigenvalue weighted by Gasteiger charge is 2.76. The number of carbonyl (C=O) groups excluding carboxylic acids is 3. The van der Waals surface area contributed by atoms with Crippen LogP contribution in [0, 0.1) is 23.6 Å². The molecule has 7 nitrogen and oxygen atoms in total. The van der Waals surface area contributed by atoms with Gasteiger partial charge >= 0.3 is 0 Å². The number of benzene rings is 1. The summed E-state index contributed by atoms with van der Waals surface area (Å²) in [5.41, 5.74) is 6.41. The molecule has 1 atom stereocenters. The zero-order chi connectivity index (χ0) is 22.8. The van der Waals surface area contributed by atoms with Crippen LogP contribution in [0.3, 0.4) is 0 Å². The topological polar surface area (TPSA) is 96.6 Å². The van der Waals surface area contributed by atoms with Crippen LogP contribution in [-0.4, -0.2) is 40.2 Å². The number of nitrogens with two attached hydrogens (primary N) is 1. The molecule has 0 radical (unpaired) electrons. The molecule has 32 heavy (non-hydrogen) atoms. The number of hydrogen-bond donors (Lipinski definition) is 1. The maximum absolute atomic E-state index is 14.6. The van der Waals surface area contributed by atoms with Crippen molar-refractivity contribution in [3.05, 3.63) is 58.5 Å². The summed E-state index contributed by atoms with van der Waals surface area (Å²) >= 11 is 5.80. The Hall–Kier alpha value is -3.00. The fourth-order valence-corrected chi connectivity index (χ4v) is 5.74. The molecule has 4 fully saturated rings. The van der Waals surface area contributed by atoms with Gasteiger partial charge in [-0.15, -0.1) is 0 Å². The summed E-state index contributed by atoms with van der Waals surface area (Å²) in [4.78, 5) is 45.4. The van der Waals surface area contributed by atoms with Gasteiger partial charge in [-0.05, 0) is 37.8 Å². The van der Waals surface area contributed by atoms with E-state index >= 15 is 0 Å².